The highest BCUT2D eigenvalue weighted by atomic mass is 28.3. The molecule has 0 radical (unpaired) electrons. The molecule has 2 nitrogen and oxygen atoms in total. The monoisotopic (exact) mass is 725 g/mol. The van der Waals surface area contributed by atoms with E-state index in [1.54, 1.807) is 7.11 Å². The molecule has 0 N–H and O–H groups in total. The highest BCUT2D eigenvalue weighted by Gasteiger charge is 2.44. The van der Waals surface area contributed by atoms with E-state index in [1.165, 1.54) is 82.0 Å². The molecule has 0 saturated carbocycles. The van der Waals surface area contributed by atoms with Crippen LogP contribution in [0.15, 0.2) is 176 Å². The van der Waals surface area contributed by atoms with Gasteiger partial charge < -0.3 is 9.30 Å². The predicted molar refractivity (Wildman–Crippen MR) is 234 cm³/mol. The highest BCUT2D eigenvalue weighted by Crippen LogP contribution is 2.49. The molecule has 0 fully saturated rings. The summed E-state index contributed by atoms with van der Waals surface area (Å²) in [5.41, 5.74) is 12.9. The minimum atomic E-state index is -2.65. The Morgan fingerprint density at radius 2 is 1.13 bits per heavy atom. The molecular formula is C52H43NOSi. The topological polar surface area (TPSA) is 14.2 Å². The summed E-state index contributed by atoms with van der Waals surface area (Å²) in [5.74, 6) is 0.874. The van der Waals surface area contributed by atoms with Crippen LogP contribution in [0.5, 0.6) is 5.75 Å². The van der Waals surface area contributed by atoms with Crippen molar-refractivity contribution in [2.45, 2.75) is 32.1 Å². The lowest BCUT2D eigenvalue weighted by Gasteiger charge is -2.35. The van der Waals surface area contributed by atoms with Crippen LogP contribution in [0.25, 0.3) is 44.9 Å². The molecule has 1 aromatic heterocycles. The normalized spacial score (nSPS) is 14.0. The van der Waals surface area contributed by atoms with Crippen LogP contribution in [0.3, 0.4) is 0 Å². The Bertz CT molecular complexity index is 2650. The lowest BCUT2D eigenvalue weighted by atomic mass is 9.81. The van der Waals surface area contributed by atoms with Gasteiger partial charge in [-0.15, -0.1) is 0 Å². The molecule has 0 amide bonds. The summed E-state index contributed by atoms with van der Waals surface area (Å²) in [6.45, 7) is 4.84. The maximum atomic E-state index is 5.48. The zero-order chi connectivity index (χ0) is 37.1. The lowest BCUT2D eigenvalue weighted by molar-refractivity contribution is 0.414. The van der Waals surface area contributed by atoms with Crippen LogP contribution in [0.1, 0.15) is 42.7 Å². The molecule has 7 aromatic carbocycles. The van der Waals surface area contributed by atoms with Crippen molar-refractivity contribution in [2.75, 3.05) is 7.11 Å². The second-order valence-electron chi connectivity index (χ2n) is 15.6. The molecule has 55 heavy (non-hydrogen) atoms. The molecule has 1 heterocycles. The summed E-state index contributed by atoms with van der Waals surface area (Å²) in [5, 5.41) is 6.92. The molecule has 0 unspecified atom stereocenters. The van der Waals surface area contributed by atoms with Gasteiger partial charge in [0.1, 0.15) is 5.75 Å². The average molecular weight is 726 g/mol. The maximum Gasteiger partial charge on any atom is 0.179 e. The van der Waals surface area contributed by atoms with E-state index in [9.17, 15) is 0 Å². The van der Waals surface area contributed by atoms with Crippen LogP contribution >= 0.6 is 0 Å². The van der Waals surface area contributed by atoms with Crippen LogP contribution in [0.4, 0.5) is 0 Å². The number of aromatic nitrogens is 1. The molecule has 0 atom stereocenters. The minimum Gasteiger partial charge on any atom is -0.497 e. The van der Waals surface area contributed by atoms with Gasteiger partial charge in [0.25, 0.3) is 0 Å². The van der Waals surface area contributed by atoms with Gasteiger partial charge in [0.2, 0.25) is 0 Å². The van der Waals surface area contributed by atoms with Crippen LogP contribution in [0, 0.1) is 0 Å². The first-order valence-electron chi connectivity index (χ1n) is 19.4. The van der Waals surface area contributed by atoms with Gasteiger partial charge >= 0.3 is 0 Å². The van der Waals surface area contributed by atoms with Gasteiger partial charge in [-0.05, 0) is 109 Å². The largest absolute Gasteiger partial charge is 0.497 e. The fraction of sp³-hybridized carbons (Fsp3) is 0.115. The van der Waals surface area contributed by atoms with E-state index < -0.39 is 8.07 Å². The summed E-state index contributed by atoms with van der Waals surface area (Å²) in [4.78, 5) is 0. The Labute approximate surface area is 325 Å². The standard InChI is InChI=1S/C52H43NOSi/c1-52(2)48-34-37(36-24-32-51-47(33-36)46-21-13-14-22-50(46)53(51)38-25-27-39(54-3)28-26-38)23-30-44(48)45-31-29-43(35-49(45)52)55(40-15-7-4-8-16-40,41-17-9-5-10-18-41)42-19-11-6-12-20-42/h4-13,15-21,23-35H,14,22H2,1-3H3. The smallest absolute Gasteiger partial charge is 0.179 e. The second-order valence-corrected chi connectivity index (χ2v) is 19.4. The third-order valence-electron chi connectivity index (χ3n) is 12.3. The van der Waals surface area contributed by atoms with E-state index in [-0.39, 0.29) is 5.41 Å². The molecular weight excluding hydrogens is 683 g/mol. The zero-order valence-corrected chi connectivity index (χ0v) is 32.6. The molecule has 2 aliphatic carbocycles. The van der Waals surface area contributed by atoms with Gasteiger partial charge in [-0.2, -0.15) is 0 Å². The molecule has 8 aromatic rings. The molecule has 0 aliphatic heterocycles. The first-order valence-corrected chi connectivity index (χ1v) is 21.4. The zero-order valence-electron chi connectivity index (χ0n) is 31.6. The average Bonchev–Trinajstić information content (AvgIpc) is 3.70. The van der Waals surface area contributed by atoms with Crippen LogP contribution in [0.2, 0.25) is 0 Å². The number of nitrogens with zero attached hydrogens (tertiary/aromatic N) is 1. The Morgan fingerprint density at radius 1 is 0.564 bits per heavy atom. The molecule has 3 heteroatoms. The molecule has 10 rings (SSSR count). The number of methoxy groups -OCH3 is 1. The summed E-state index contributed by atoms with van der Waals surface area (Å²) < 4.78 is 7.92. The molecule has 0 bridgehead atoms. The van der Waals surface area contributed by atoms with Gasteiger partial charge in [-0.25, -0.2) is 0 Å². The number of fused-ring (bicyclic) bond motifs is 6. The van der Waals surface area contributed by atoms with Gasteiger partial charge in [0, 0.05) is 27.7 Å². The fourth-order valence-corrected chi connectivity index (χ4v) is 14.4. The van der Waals surface area contributed by atoms with Crippen molar-refractivity contribution < 1.29 is 4.74 Å². The third kappa shape index (κ3) is 5.14. The summed E-state index contributed by atoms with van der Waals surface area (Å²) in [6, 6.07) is 63.8. The summed E-state index contributed by atoms with van der Waals surface area (Å²) >= 11 is 0. The van der Waals surface area contributed by atoms with Gasteiger partial charge in [-0.1, -0.05) is 153 Å². The van der Waals surface area contributed by atoms with E-state index in [2.05, 4.69) is 200 Å². The van der Waals surface area contributed by atoms with Crippen molar-refractivity contribution in [3.63, 3.8) is 0 Å². The molecule has 266 valence electrons. The number of rotatable bonds is 7. The minimum absolute atomic E-state index is 0.176. The molecule has 0 saturated heterocycles. The van der Waals surface area contributed by atoms with E-state index >= 15 is 0 Å². The summed E-state index contributed by atoms with van der Waals surface area (Å²) in [6.07, 6.45) is 6.73. The predicted octanol–water partition coefficient (Wildman–Crippen LogP) is 9.95. The maximum absolute atomic E-state index is 5.48. The van der Waals surface area contributed by atoms with Crippen molar-refractivity contribution in [1.29, 1.82) is 0 Å². The first kappa shape index (κ1) is 33.4. The summed E-state index contributed by atoms with van der Waals surface area (Å²) in [7, 11) is -0.929. The Morgan fingerprint density at radius 3 is 1.75 bits per heavy atom. The number of benzene rings is 7. The first-order chi connectivity index (χ1) is 27.0. The van der Waals surface area contributed by atoms with Gasteiger partial charge in [0.15, 0.2) is 8.07 Å². The van der Waals surface area contributed by atoms with E-state index in [0.717, 1.165) is 18.6 Å². The number of ether oxygens (including phenoxy) is 1. The van der Waals surface area contributed by atoms with Crippen LogP contribution in [-0.4, -0.2) is 19.8 Å². The van der Waals surface area contributed by atoms with Crippen molar-refractivity contribution in [3.8, 4) is 33.7 Å². The number of hydrogen-bond donors (Lipinski definition) is 0. The molecule has 0 spiro atoms. The Balaban J connectivity index is 1.10. The SMILES string of the molecule is COc1ccc(-n2c3c(c4cc(-c5ccc6c(c5)C(C)(C)c5cc([Si](c7ccccc7)(c7ccccc7)c7ccccc7)ccc5-6)ccc42)C=CCC3)cc1. The quantitative estimate of drug-likeness (QED) is 0.118. The van der Waals surface area contributed by atoms with Crippen molar-refractivity contribution in [1.82, 2.24) is 4.57 Å². The Hall–Kier alpha value is -6.16. The molecule has 2 aliphatic rings. The third-order valence-corrected chi connectivity index (χ3v) is 17.1. The lowest BCUT2D eigenvalue weighted by Crippen LogP contribution is -2.74. The number of allylic oxidation sites excluding steroid dienone is 1. The van der Waals surface area contributed by atoms with Gasteiger partial charge in [0.05, 0.1) is 12.6 Å². The van der Waals surface area contributed by atoms with E-state index in [4.69, 9.17) is 4.74 Å². The van der Waals surface area contributed by atoms with E-state index in [1.807, 2.05) is 0 Å². The van der Waals surface area contributed by atoms with Crippen LogP contribution < -0.4 is 25.5 Å². The second kappa shape index (κ2) is 13.0. The number of hydrogen-bond acceptors (Lipinski definition) is 1. The van der Waals surface area contributed by atoms with E-state index in [0.29, 0.717) is 0 Å². The highest BCUT2D eigenvalue weighted by molar-refractivity contribution is 7.19. The Kier molecular flexibility index (Phi) is 7.90. The van der Waals surface area contributed by atoms with Crippen LogP contribution in [-0.2, 0) is 11.8 Å². The van der Waals surface area contributed by atoms with Crippen molar-refractivity contribution in [3.05, 3.63) is 198 Å². The fourth-order valence-electron chi connectivity index (χ4n) is 9.64. The van der Waals surface area contributed by atoms with Gasteiger partial charge in [-0.3, -0.25) is 0 Å². The van der Waals surface area contributed by atoms with Crippen molar-refractivity contribution >= 4 is 45.8 Å². The van der Waals surface area contributed by atoms with Crippen molar-refractivity contribution in [2.24, 2.45) is 0 Å².